The van der Waals surface area contributed by atoms with Crippen LogP contribution in [-0.4, -0.2) is 15.8 Å². The van der Waals surface area contributed by atoms with E-state index in [2.05, 4.69) is 31.2 Å². The fourth-order valence-electron chi connectivity index (χ4n) is 2.34. The Labute approximate surface area is 126 Å². The van der Waals surface area contributed by atoms with Crippen molar-refractivity contribution in [2.24, 2.45) is 0 Å². The maximum absolute atomic E-state index is 14.2. The van der Waals surface area contributed by atoms with Crippen LogP contribution in [0.15, 0.2) is 24.4 Å². The average Bonchev–Trinajstić information content (AvgIpc) is 2.79. The van der Waals surface area contributed by atoms with Crippen LogP contribution >= 0.6 is 0 Å². The lowest BCUT2D eigenvalue weighted by atomic mass is 10.0. The number of hydrogen-bond acceptors (Lipinski definition) is 2. The Morgan fingerprint density at radius 3 is 2.71 bits per heavy atom. The molecule has 114 valence electrons. The number of aryl methyl sites for hydroxylation is 1. The summed E-state index contributed by atoms with van der Waals surface area (Å²) in [6.45, 7) is 9.71. The van der Waals surface area contributed by atoms with Crippen molar-refractivity contribution in [2.45, 2.75) is 53.2 Å². The van der Waals surface area contributed by atoms with Gasteiger partial charge < -0.3 is 5.32 Å². The highest BCUT2D eigenvalue weighted by atomic mass is 19.1. The molecule has 0 bridgehead atoms. The zero-order valence-electron chi connectivity index (χ0n) is 13.3. The van der Waals surface area contributed by atoms with Gasteiger partial charge in [0, 0.05) is 36.0 Å². The Balaban J connectivity index is 2.23. The number of hydrogen-bond donors (Lipinski definition) is 1. The van der Waals surface area contributed by atoms with Crippen LogP contribution in [-0.2, 0) is 13.1 Å². The molecule has 4 heteroatoms. The molecule has 0 saturated carbocycles. The highest BCUT2D eigenvalue weighted by Gasteiger charge is 2.11. The van der Waals surface area contributed by atoms with Crippen LogP contribution in [0.4, 0.5) is 4.39 Å². The predicted octanol–water partition coefficient (Wildman–Crippen LogP) is 3.91. The smallest absolute Gasteiger partial charge is 0.128 e. The van der Waals surface area contributed by atoms with Crippen LogP contribution in [0.3, 0.4) is 0 Å². The Morgan fingerprint density at radius 2 is 2.10 bits per heavy atom. The van der Waals surface area contributed by atoms with E-state index < -0.39 is 0 Å². The Kier molecular flexibility index (Phi) is 5.12. The zero-order chi connectivity index (χ0) is 15.4. The molecule has 0 aliphatic heterocycles. The van der Waals surface area contributed by atoms with E-state index in [-0.39, 0.29) is 5.82 Å². The number of benzene rings is 1. The number of halogens is 1. The maximum Gasteiger partial charge on any atom is 0.128 e. The van der Waals surface area contributed by atoms with E-state index in [0.29, 0.717) is 18.2 Å². The fourth-order valence-corrected chi connectivity index (χ4v) is 2.34. The van der Waals surface area contributed by atoms with Crippen LogP contribution in [0.2, 0.25) is 0 Å². The lowest BCUT2D eigenvalue weighted by molar-refractivity contribution is 0.553. The molecular weight excluding hydrogens is 265 g/mol. The molecule has 1 heterocycles. The SMILES string of the molecule is CCCn1ncc(-c2ccc(CNC(C)C)c(F)c2)c1C. The van der Waals surface area contributed by atoms with E-state index in [9.17, 15) is 4.39 Å². The van der Waals surface area contributed by atoms with Crippen molar-refractivity contribution >= 4 is 0 Å². The van der Waals surface area contributed by atoms with Gasteiger partial charge in [-0.2, -0.15) is 5.10 Å². The molecule has 0 unspecified atom stereocenters. The predicted molar refractivity (Wildman–Crippen MR) is 84.6 cm³/mol. The quantitative estimate of drug-likeness (QED) is 0.874. The summed E-state index contributed by atoms with van der Waals surface area (Å²) >= 11 is 0. The van der Waals surface area contributed by atoms with Crippen molar-refractivity contribution in [1.82, 2.24) is 15.1 Å². The van der Waals surface area contributed by atoms with Crippen molar-refractivity contribution in [1.29, 1.82) is 0 Å². The number of nitrogens with zero attached hydrogens (tertiary/aromatic N) is 2. The lowest BCUT2D eigenvalue weighted by Gasteiger charge is -2.10. The molecule has 2 rings (SSSR count). The Morgan fingerprint density at radius 1 is 1.33 bits per heavy atom. The Bertz CT molecular complexity index is 602. The lowest BCUT2D eigenvalue weighted by Crippen LogP contribution is -2.22. The van der Waals surface area contributed by atoms with Crippen molar-refractivity contribution in [3.05, 3.63) is 41.5 Å². The number of nitrogens with one attached hydrogen (secondary N) is 1. The van der Waals surface area contributed by atoms with E-state index in [1.54, 1.807) is 6.07 Å². The summed E-state index contributed by atoms with van der Waals surface area (Å²) in [7, 11) is 0. The molecule has 3 nitrogen and oxygen atoms in total. The van der Waals surface area contributed by atoms with Gasteiger partial charge in [-0.15, -0.1) is 0 Å². The molecule has 0 fully saturated rings. The van der Waals surface area contributed by atoms with E-state index >= 15 is 0 Å². The molecule has 0 radical (unpaired) electrons. The van der Waals surface area contributed by atoms with Crippen molar-refractivity contribution in [3.63, 3.8) is 0 Å². The van der Waals surface area contributed by atoms with Crippen molar-refractivity contribution in [3.8, 4) is 11.1 Å². The summed E-state index contributed by atoms with van der Waals surface area (Å²) in [5, 5.41) is 7.61. The molecule has 1 aromatic heterocycles. The summed E-state index contributed by atoms with van der Waals surface area (Å²) in [6, 6.07) is 5.79. The van der Waals surface area contributed by atoms with Gasteiger partial charge in [0.05, 0.1) is 6.20 Å². The molecule has 1 N–H and O–H groups in total. The molecule has 21 heavy (non-hydrogen) atoms. The normalized spacial score (nSPS) is 11.3. The first-order chi connectivity index (χ1) is 10.0. The molecule has 0 saturated heterocycles. The molecule has 1 aromatic carbocycles. The van der Waals surface area contributed by atoms with Gasteiger partial charge in [0.2, 0.25) is 0 Å². The van der Waals surface area contributed by atoms with Gasteiger partial charge in [-0.05, 0) is 25.0 Å². The van der Waals surface area contributed by atoms with Gasteiger partial charge in [0.25, 0.3) is 0 Å². The maximum atomic E-state index is 14.2. The summed E-state index contributed by atoms with van der Waals surface area (Å²) in [5.74, 6) is -0.164. The van der Waals surface area contributed by atoms with Gasteiger partial charge in [0.15, 0.2) is 0 Å². The summed E-state index contributed by atoms with van der Waals surface area (Å²) in [5.41, 5.74) is 3.68. The highest BCUT2D eigenvalue weighted by Crippen LogP contribution is 2.25. The number of rotatable bonds is 6. The first-order valence-corrected chi connectivity index (χ1v) is 7.57. The van der Waals surface area contributed by atoms with Crippen molar-refractivity contribution in [2.75, 3.05) is 0 Å². The topological polar surface area (TPSA) is 29.9 Å². The first kappa shape index (κ1) is 15.7. The number of aromatic nitrogens is 2. The second-order valence-corrected chi connectivity index (χ2v) is 5.71. The van der Waals surface area contributed by atoms with Crippen LogP contribution in [0, 0.1) is 12.7 Å². The summed E-state index contributed by atoms with van der Waals surface area (Å²) in [6.07, 6.45) is 2.86. The van der Waals surface area contributed by atoms with Crippen LogP contribution in [0.1, 0.15) is 38.4 Å². The van der Waals surface area contributed by atoms with E-state index in [0.717, 1.165) is 29.8 Å². The summed E-state index contributed by atoms with van der Waals surface area (Å²) < 4.78 is 16.2. The first-order valence-electron chi connectivity index (χ1n) is 7.57. The minimum absolute atomic E-state index is 0.164. The van der Waals surface area contributed by atoms with Crippen LogP contribution < -0.4 is 5.32 Å². The monoisotopic (exact) mass is 289 g/mol. The van der Waals surface area contributed by atoms with E-state index in [1.165, 1.54) is 0 Å². The molecule has 0 spiro atoms. The van der Waals surface area contributed by atoms with Gasteiger partial charge in [-0.3, -0.25) is 4.68 Å². The second kappa shape index (κ2) is 6.85. The van der Waals surface area contributed by atoms with E-state index in [4.69, 9.17) is 0 Å². The Hall–Kier alpha value is -1.68. The molecule has 2 aromatic rings. The fraction of sp³-hybridized carbons (Fsp3) is 0.471. The second-order valence-electron chi connectivity index (χ2n) is 5.71. The van der Waals surface area contributed by atoms with Crippen LogP contribution in [0.25, 0.3) is 11.1 Å². The van der Waals surface area contributed by atoms with Gasteiger partial charge in [0.1, 0.15) is 5.82 Å². The molecule has 0 atom stereocenters. The van der Waals surface area contributed by atoms with Crippen molar-refractivity contribution < 1.29 is 4.39 Å². The van der Waals surface area contributed by atoms with Gasteiger partial charge in [-0.1, -0.05) is 32.9 Å². The highest BCUT2D eigenvalue weighted by molar-refractivity contribution is 5.65. The summed E-state index contributed by atoms with van der Waals surface area (Å²) in [4.78, 5) is 0. The van der Waals surface area contributed by atoms with Gasteiger partial charge >= 0.3 is 0 Å². The van der Waals surface area contributed by atoms with Crippen LogP contribution in [0.5, 0.6) is 0 Å². The third kappa shape index (κ3) is 3.70. The minimum Gasteiger partial charge on any atom is -0.310 e. The zero-order valence-corrected chi connectivity index (χ0v) is 13.3. The average molecular weight is 289 g/mol. The molecule has 0 amide bonds. The third-order valence-corrected chi connectivity index (χ3v) is 3.60. The van der Waals surface area contributed by atoms with E-state index in [1.807, 2.05) is 29.9 Å². The largest absolute Gasteiger partial charge is 0.310 e. The standard InChI is InChI=1S/C17H24FN3/c1-5-8-21-13(4)16(11-20-21)14-6-7-15(17(18)9-14)10-19-12(2)3/h6-7,9,11-12,19H,5,8,10H2,1-4H3. The third-order valence-electron chi connectivity index (χ3n) is 3.60. The molecule has 0 aliphatic rings. The molecular formula is C17H24FN3. The molecule has 0 aliphatic carbocycles. The van der Waals surface area contributed by atoms with Gasteiger partial charge in [-0.25, -0.2) is 4.39 Å². The minimum atomic E-state index is -0.164.